The number of anilines is 1. The van der Waals surface area contributed by atoms with Crippen LogP contribution in [0.25, 0.3) is 0 Å². The van der Waals surface area contributed by atoms with Gasteiger partial charge in [-0.15, -0.1) is 0 Å². The Bertz CT molecular complexity index is 666. The molecule has 0 aliphatic heterocycles. The highest BCUT2D eigenvalue weighted by Crippen LogP contribution is 2.29. The molecule has 6 nitrogen and oxygen atoms in total. The zero-order valence-electron chi connectivity index (χ0n) is 13.2. The first-order valence-electron chi connectivity index (χ1n) is 7.26. The minimum absolute atomic E-state index is 0.0543. The summed E-state index contributed by atoms with van der Waals surface area (Å²) in [5.41, 5.74) is 0.301. The summed E-state index contributed by atoms with van der Waals surface area (Å²) in [5.74, 6) is 0.526. The molecule has 0 radical (unpaired) electrons. The van der Waals surface area contributed by atoms with Crippen molar-refractivity contribution < 1.29 is 14.8 Å². The Kier molecular flexibility index (Phi) is 5.18. The molecule has 0 heterocycles. The van der Waals surface area contributed by atoms with Gasteiger partial charge < -0.3 is 15.2 Å². The molecule has 0 bridgehead atoms. The fraction of sp³-hybridized carbons (Fsp3) is 0.294. The molecular weight excluding hydrogens is 296 g/mol. The fourth-order valence-corrected chi connectivity index (χ4v) is 1.96. The Morgan fingerprint density at radius 3 is 2.52 bits per heavy atom. The normalized spacial score (nSPS) is 11.1. The number of rotatable bonds is 7. The molecule has 0 amide bonds. The van der Waals surface area contributed by atoms with E-state index >= 15 is 0 Å². The minimum Gasteiger partial charge on any atom is -0.489 e. The maximum absolute atomic E-state index is 11.1. The lowest BCUT2D eigenvalue weighted by atomic mass is 10.1. The average molecular weight is 316 g/mol. The van der Waals surface area contributed by atoms with Crippen molar-refractivity contribution in [3.8, 4) is 5.75 Å². The summed E-state index contributed by atoms with van der Waals surface area (Å²) >= 11 is 0. The highest BCUT2D eigenvalue weighted by molar-refractivity contribution is 5.64. The van der Waals surface area contributed by atoms with Gasteiger partial charge in [0.1, 0.15) is 18.0 Å². The molecule has 2 N–H and O–H groups in total. The zero-order valence-corrected chi connectivity index (χ0v) is 13.2. The van der Waals surface area contributed by atoms with Gasteiger partial charge >= 0.3 is 0 Å². The van der Waals surface area contributed by atoms with E-state index in [1.807, 2.05) is 30.3 Å². The molecule has 2 aromatic carbocycles. The second-order valence-electron chi connectivity index (χ2n) is 5.88. The first kappa shape index (κ1) is 16.8. The SMILES string of the molecule is CC(C)(O)CNc1cc(OCc2ccccc2)ccc1[N+](=O)[O-]. The van der Waals surface area contributed by atoms with Crippen molar-refractivity contribution in [3.05, 3.63) is 64.2 Å². The number of benzene rings is 2. The number of nitrogens with one attached hydrogen (secondary N) is 1. The summed E-state index contributed by atoms with van der Waals surface area (Å²) in [6.45, 7) is 3.82. The van der Waals surface area contributed by atoms with Crippen molar-refractivity contribution >= 4 is 11.4 Å². The zero-order chi connectivity index (χ0) is 16.9. The second-order valence-corrected chi connectivity index (χ2v) is 5.88. The number of nitro benzene ring substituents is 1. The van der Waals surface area contributed by atoms with E-state index in [0.717, 1.165) is 5.56 Å². The van der Waals surface area contributed by atoms with Crippen molar-refractivity contribution in [2.75, 3.05) is 11.9 Å². The van der Waals surface area contributed by atoms with E-state index in [1.165, 1.54) is 6.07 Å². The van der Waals surface area contributed by atoms with Crippen LogP contribution in [-0.2, 0) is 6.61 Å². The molecule has 0 aliphatic carbocycles. The molecule has 23 heavy (non-hydrogen) atoms. The Morgan fingerprint density at radius 1 is 1.22 bits per heavy atom. The average Bonchev–Trinajstić information content (AvgIpc) is 2.51. The smallest absolute Gasteiger partial charge is 0.292 e. The lowest BCUT2D eigenvalue weighted by molar-refractivity contribution is -0.384. The quantitative estimate of drug-likeness (QED) is 0.604. The van der Waals surface area contributed by atoms with E-state index in [9.17, 15) is 15.2 Å². The third kappa shape index (κ3) is 5.27. The molecule has 6 heteroatoms. The molecule has 0 saturated heterocycles. The first-order valence-corrected chi connectivity index (χ1v) is 7.26. The fourth-order valence-electron chi connectivity index (χ4n) is 1.96. The Labute approximate surface area is 134 Å². The van der Waals surface area contributed by atoms with Crippen molar-refractivity contribution in [2.45, 2.75) is 26.1 Å². The van der Waals surface area contributed by atoms with Gasteiger partial charge in [0.25, 0.3) is 5.69 Å². The van der Waals surface area contributed by atoms with Crippen LogP contribution in [0.3, 0.4) is 0 Å². The van der Waals surface area contributed by atoms with Gasteiger partial charge in [0, 0.05) is 18.7 Å². The van der Waals surface area contributed by atoms with Gasteiger partial charge in [0.05, 0.1) is 10.5 Å². The van der Waals surface area contributed by atoms with Crippen molar-refractivity contribution in [1.82, 2.24) is 0 Å². The lowest BCUT2D eigenvalue weighted by Gasteiger charge is -2.19. The van der Waals surface area contributed by atoms with Gasteiger partial charge in [-0.1, -0.05) is 30.3 Å². The van der Waals surface area contributed by atoms with Crippen LogP contribution < -0.4 is 10.1 Å². The third-order valence-electron chi connectivity index (χ3n) is 3.12. The van der Waals surface area contributed by atoms with E-state index < -0.39 is 10.5 Å². The summed E-state index contributed by atoms with van der Waals surface area (Å²) in [5, 5.41) is 23.8. The van der Waals surface area contributed by atoms with Gasteiger partial charge in [-0.05, 0) is 25.5 Å². The molecule has 2 rings (SSSR count). The van der Waals surface area contributed by atoms with E-state index in [4.69, 9.17) is 4.74 Å². The molecule has 122 valence electrons. The van der Waals surface area contributed by atoms with Gasteiger partial charge in [0.15, 0.2) is 0 Å². The molecule has 0 spiro atoms. The van der Waals surface area contributed by atoms with Crippen molar-refractivity contribution in [1.29, 1.82) is 0 Å². The molecule has 0 aliphatic rings. The number of nitro groups is 1. The summed E-state index contributed by atoms with van der Waals surface area (Å²) in [6.07, 6.45) is 0. The number of nitrogens with zero attached hydrogens (tertiary/aromatic N) is 1. The summed E-state index contributed by atoms with van der Waals surface area (Å²) < 4.78 is 5.67. The van der Waals surface area contributed by atoms with Crippen LogP contribution in [0.2, 0.25) is 0 Å². The second kappa shape index (κ2) is 7.11. The van der Waals surface area contributed by atoms with Gasteiger partial charge in [0.2, 0.25) is 0 Å². The van der Waals surface area contributed by atoms with Gasteiger partial charge in [-0.2, -0.15) is 0 Å². The van der Waals surface area contributed by atoms with Crippen LogP contribution in [0.4, 0.5) is 11.4 Å². The monoisotopic (exact) mass is 316 g/mol. The predicted octanol–water partition coefficient (Wildman–Crippen LogP) is 3.36. The van der Waals surface area contributed by atoms with Crippen LogP contribution in [0.5, 0.6) is 5.75 Å². The standard InChI is InChI=1S/C17H20N2O4/c1-17(2,20)12-18-15-10-14(8-9-16(15)19(21)22)23-11-13-6-4-3-5-7-13/h3-10,18,20H,11-12H2,1-2H3. The molecule has 0 atom stereocenters. The highest BCUT2D eigenvalue weighted by atomic mass is 16.6. The van der Waals surface area contributed by atoms with E-state index in [0.29, 0.717) is 18.0 Å². The molecule has 2 aromatic rings. The largest absolute Gasteiger partial charge is 0.489 e. The Hall–Kier alpha value is -2.60. The first-order chi connectivity index (χ1) is 10.8. The topological polar surface area (TPSA) is 84.6 Å². The van der Waals surface area contributed by atoms with Gasteiger partial charge in [-0.3, -0.25) is 10.1 Å². The van der Waals surface area contributed by atoms with E-state index in [-0.39, 0.29) is 12.2 Å². The predicted molar refractivity (Wildman–Crippen MR) is 88.7 cm³/mol. The Morgan fingerprint density at radius 2 is 1.91 bits per heavy atom. The van der Waals surface area contributed by atoms with Crippen molar-refractivity contribution in [3.63, 3.8) is 0 Å². The summed E-state index contributed by atoms with van der Waals surface area (Å²) in [6, 6.07) is 14.2. The Balaban J connectivity index is 2.13. The van der Waals surface area contributed by atoms with Crippen LogP contribution in [-0.4, -0.2) is 22.2 Å². The van der Waals surface area contributed by atoms with Crippen LogP contribution in [0.15, 0.2) is 48.5 Å². The number of aliphatic hydroxyl groups is 1. The minimum atomic E-state index is -0.977. The maximum Gasteiger partial charge on any atom is 0.292 e. The molecule has 0 saturated carbocycles. The number of hydrogen-bond donors (Lipinski definition) is 2. The summed E-state index contributed by atoms with van der Waals surface area (Å²) in [4.78, 5) is 10.6. The van der Waals surface area contributed by atoms with Crippen molar-refractivity contribution in [2.24, 2.45) is 0 Å². The number of ether oxygens (including phenoxy) is 1. The molecule has 0 unspecified atom stereocenters. The van der Waals surface area contributed by atoms with E-state index in [2.05, 4.69) is 5.32 Å². The van der Waals surface area contributed by atoms with Crippen LogP contribution >= 0.6 is 0 Å². The molecule has 0 aromatic heterocycles. The number of hydrogen-bond acceptors (Lipinski definition) is 5. The highest BCUT2D eigenvalue weighted by Gasteiger charge is 2.18. The maximum atomic E-state index is 11.1. The molecular formula is C17H20N2O4. The lowest BCUT2D eigenvalue weighted by Crippen LogP contribution is -2.29. The summed E-state index contributed by atoms with van der Waals surface area (Å²) in [7, 11) is 0. The van der Waals surface area contributed by atoms with E-state index in [1.54, 1.807) is 26.0 Å². The van der Waals surface area contributed by atoms with Crippen LogP contribution in [0.1, 0.15) is 19.4 Å². The molecule has 0 fully saturated rings. The van der Waals surface area contributed by atoms with Crippen LogP contribution in [0, 0.1) is 10.1 Å². The third-order valence-corrected chi connectivity index (χ3v) is 3.12. The van der Waals surface area contributed by atoms with Gasteiger partial charge in [-0.25, -0.2) is 0 Å².